The lowest BCUT2D eigenvalue weighted by molar-refractivity contribution is -0.117. The third-order valence-electron chi connectivity index (χ3n) is 5.40. The summed E-state index contributed by atoms with van der Waals surface area (Å²) in [5.41, 5.74) is 1.66. The SMILES string of the molecule is CCOc1cc(N2CCOCC2)c(OCC)cc1NC(=O)CN1CCC[C@H](C)C1. The van der Waals surface area contributed by atoms with Gasteiger partial charge in [0, 0.05) is 31.8 Å². The van der Waals surface area contributed by atoms with Crippen LogP contribution in [0.2, 0.25) is 0 Å². The van der Waals surface area contributed by atoms with Gasteiger partial charge in [-0.2, -0.15) is 0 Å². The fourth-order valence-corrected chi connectivity index (χ4v) is 4.07. The van der Waals surface area contributed by atoms with E-state index in [1.807, 2.05) is 26.0 Å². The summed E-state index contributed by atoms with van der Waals surface area (Å²) in [5, 5.41) is 3.06. The fourth-order valence-electron chi connectivity index (χ4n) is 4.07. The van der Waals surface area contributed by atoms with E-state index in [0.717, 1.165) is 44.0 Å². The Morgan fingerprint density at radius 3 is 2.55 bits per heavy atom. The second kappa shape index (κ2) is 10.7. The molecule has 0 aromatic heterocycles. The van der Waals surface area contributed by atoms with Crippen LogP contribution in [0, 0.1) is 5.92 Å². The molecule has 7 nitrogen and oxygen atoms in total. The Morgan fingerprint density at radius 1 is 1.14 bits per heavy atom. The molecule has 2 aliphatic heterocycles. The first-order valence-electron chi connectivity index (χ1n) is 10.9. The van der Waals surface area contributed by atoms with Crippen molar-refractivity contribution >= 4 is 17.3 Å². The number of morpholine rings is 1. The molecule has 1 N–H and O–H groups in total. The highest BCUT2D eigenvalue weighted by molar-refractivity contribution is 5.94. The van der Waals surface area contributed by atoms with Crippen molar-refractivity contribution in [2.24, 2.45) is 5.92 Å². The van der Waals surface area contributed by atoms with Crippen molar-refractivity contribution in [1.82, 2.24) is 4.90 Å². The topological polar surface area (TPSA) is 63.3 Å². The molecule has 3 rings (SSSR count). The van der Waals surface area contributed by atoms with Crippen LogP contribution in [0.5, 0.6) is 11.5 Å². The van der Waals surface area contributed by atoms with E-state index in [1.54, 1.807) is 0 Å². The molecule has 1 amide bonds. The fraction of sp³-hybridized carbons (Fsp3) is 0.682. The van der Waals surface area contributed by atoms with E-state index in [4.69, 9.17) is 14.2 Å². The number of anilines is 2. The molecule has 2 fully saturated rings. The molecular formula is C22H35N3O4. The van der Waals surface area contributed by atoms with Crippen LogP contribution in [0.4, 0.5) is 11.4 Å². The van der Waals surface area contributed by atoms with Crippen molar-refractivity contribution in [3.8, 4) is 11.5 Å². The third-order valence-corrected chi connectivity index (χ3v) is 5.40. The number of hydrogen-bond donors (Lipinski definition) is 1. The van der Waals surface area contributed by atoms with Gasteiger partial charge in [0.2, 0.25) is 5.91 Å². The Morgan fingerprint density at radius 2 is 1.86 bits per heavy atom. The first kappa shape index (κ1) is 21.7. The van der Waals surface area contributed by atoms with Gasteiger partial charge < -0.3 is 24.4 Å². The zero-order valence-corrected chi connectivity index (χ0v) is 18.0. The van der Waals surface area contributed by atoms with E-state index in [0.29, 0.717) is 50.3 Å². The molecule has 2 heterocycles. The predicted octanol–water partition coefficient (Wildman–Crippen LogP) is 2.99. The van der Waals surface area contributed by atoms with Crippen LogP contribution in [0.3, 0.4) is 0 Å². The third kappa shape index (κ3) is 6.00. The zero-order valence-electron chi connectivity index (χ0n) is 18.0. The number of carbonyl (C=O) groups is 1. The second-order valence-electron chi connectivity index (χ2n) is 7.81. The molecule has 1 atom stereocenters. The van der Waals surface area contributed by atoms with Crippen LogP contribution < -0.4 is 19.7 Å². The zero-order chi connectivity index (χ0) is 20.6. The summed E-state index contributed by atoms with van der Waals surface area (Å²) in [5.74, 6) is 2.08. The highest BCUT2D eigenvalue weighted by Crippen LogP contribution is 2.39. The summed E-state index contributed by atoms with van der Waals surface area (Å²) in [4.78, 5) is 17.2. The van der Waals surface area contributed by atoms with Crippen LogP contribution in [0.15, 0.2) is 12.1 Å². The maximum Gasteiger partial charge on any atom is 0.238 e. The van der Waals surface area contributed by atoms with E-state index in [1.165, 1.54) is 6.42 Å². The minimum Gasteiger partial charge on any atom is -0.492 e. The van der Waals surface area contributed by atoms with Gasteiger partial charge in [-0.3, -0.25) is 9.69 Å². The first-order valence-corrected chi connectivity index (χ1v) is 10.9. The number of piperidine rings is 1. The van der Waals surface area contributed by atoms with Crippen molar-refractivity contribution in [2.75, 3.05) is 69.4 Å². The number of nitrogens with zero attached hydrogens (tertiary/aromatic N) is 2. The second-order valence-corrected chi connectivity index (χ2v) is 7.81. The van der Waals surface area contributed by atoms with Crippen LogP contribution in [-0.4, -0.2) is 70.0 Å². The number of amides is 1. The van der Waals surface area contributed by atoms with Crippen molar-refractivity contribution in [3.05, 3.63) is 12.1 Å². The van der Waals surface area contributed by atoms with E-state index in [9.17, 15) is 4.79 Å². The van der Waals surface area contributed by atoms with Gasteiger partial charge in [0.15, 0.2) is 0 Å². The normalized spacial score (nSPS) is 20.4. The Kier molecular flexibility index (Phi) is 8.00. The summed E-state index contributed by atoms with van der Waals surface area (Å²) < 4.78 is 17.3. The number of ether oxygens (including phenoxy) is 3. The van der Waals surface area contributed by atoms with E-state index in [2.05, 4.69) is 22.0 Å². The lowest BCUT2D eigenvalue weighted by Gasteiger charge is -2.31. The average molecular weight is 406 g/mol. The van der Waals surface area contributed by atoms with Gasteiger partial charge >= 0.3 is 0 Å². The van der Waals surface area contributed by atoms with Crippen LogP contribution in [0.25, 0.3) is 0 Å². The summed E-state index contributed by atoms with van der Waals surface area (Å²) in [7, 11) is 0. The summed E-state index contributed by atoms with van der Waals surface area (Å²) in [6.45, 7) is 12.6. The summed E-state index contributed by atoms with van der Waals surface area (Å²) in [6.07, 6.45) is 2.40. The quantitative estimate of drug-likeness (QED) is 0.717. The molecule has 7 heteroatoms. The predicted molar refractivity (Wildman–Crippen MR) is 115 cm³/mol. The van der Waals surface area contributed by atoms with Crippen molar-refractivity contribution < 1.29 is 19.0 Å². The lowest BCUT2D eigenvalue weighted by Crippen LogP contribution is -2.39. The Labute approximate surface area is 174 Å². The van der Waals surface area contributed by atoms with Crippen LogP contribution in [-0.2, 0) is 9.53 Å². The van der Waals surface area contributed by atoms with Gasteiger partial charge in [0.1, 0.15) is 11.5 Å². The molecule has 2 aliphatic rings. The van der Waals surface area contributed by atoms with E-state index in [-0.39, 0.29) is 5.91 Å². The highest BCUT2D eigenvalue weighted by atomic mass is 16.5. The van der Waals surface area contributed by atoms with Gasteiger partial charge in [-0.05, 0) is 39.2 Å². The number of benzene rings is 1. The molecule has 0 aliphatic carbocycles. The van der Waals surface area contributed by atoms with Gasteiger partial charge in [-0.25, -0.2) is 0 Å². The molecule has 29 heavy (non-hydrogen) atoms. The standard InChI is InChI=1S/C22H35N3O4/c1-4-28-20-14-19(25-9-11-27-12-10-25)21(29-5-2)13-18(20)23-22(26)16-24-8-6-7-17(3)15-24/h13-14,17H,4-12,15-16H2,1-3H3,(H,23,26)/t17-/m0/s1. The molecule has 162 valence electrons. The molecule has 2 saturated heterocycles. The Hall–Kier alpha value is -1.99. The molecule has 0 radical (unpaired) electrons. The number of nitrogens with one attached hydrogen (secondary N) is 1. The minimum atomic E-state index is -0.0124. The molecule has 0 unspecified atom stereocenters. The minimum absolute atomic E-state index is 0.0124. The number of likely N-dealkylation sites (tertiary alicyclic amines) is 1. The van der Waals surface area contributed by atoms with Gasteiger partial charge in [-0.1, -0.05) is 6.92 Å². The molecule has 0 spiro atoms. The smallest absolute Gasteiger partial charge is 0.238 e. The number of rotatable bonds is 8. The van der Waals surface area contributed by atoms with E-state index >= 15 is 0 Å². The Balaban J connectivity index is 1.78. The Bertz CT molecular complexity index is 676. The monoisotopic (exact) mass is 405 g/mol. The van der Waals surface area contributed by atoms with Gasteiger partial charge in [0.05, 0.1) is 44.3 Å². The van der Waals surface area contributed by atoms with Gasteiger partial charge in [-0.15, -0.1) is 0 Å². The van der Waals surface area contributed by atoms with Crippen molar-refractivity contribution in [2.45, 2.75) is 33.6 Å². The lowest BCUT2D eigenvalue weighted by atomic mass is 10.0. The highest BCUT2D eigenvalue weighted by Gasteiger charge is 2.22. The van der Waals surface area contributed by atoms with Crippen molar-refractivity contribution in [1.29, 1.82) is 0 Å². The number of hydrogen-bond acceptors (Lipinski definition) is 6. The average Bonchev–Trinajstić information content (AvgIpc) is 2.71. The van der Waals surface area contributed by atoms with Crippen LogP contribution >= 0.6 is 0 Å². The maximum absolute atomic E-state index is 12.7. The summed E-state index contributed by atoms with van der Waals surface area (Å²) in [6, 6.07) is 3.88. The van der Waals surface area contributed by atoms with Gasteiger partial charge in [0.25, 0.3) is 0 Å². The van der Waals surface area contributed by atoms with E-state index < -0.39 is 0 Å². The largest absolute Gasteiger partial charge is 0.492 e. The summed E-state index contributed by atoms with van der Waals surface area (Å²) >= 11 is 0. The molecule has 0 saturated carbocycles. The van der Waals surface area contributed by atoms with Crippen molar-refractivity contribution in [3.63, 3.8) is 0 Å². The molecule has 0 bridgehead atoms. The molecular weight excluding hydrogens is 370 g/mol. The molecule has 1 aromatic carbocycles. The van der Waals surface area contributed by atoms with Crippen LogP contribution in [0.1, 0.15) is 33.6 Å². The molecule has 1 aromatic rings. The first-order chi connectivity index (χ1) is 14.1. The number of carbonyl (C=O) groups excluding carboxylic acids is 1. The maximum atomic E-state index is 12.7.